The summed E-state index contributed by atoms with van der Waals surface area (Å²) in [6.45, 7) is 2.85. The zero-order valence-corrected chi connectivity index (χ0v) is 9.47. The average Bonchev–Trinajstić information content (AvgIpc) is 2.01. The molecule has 0 fully saturated rings. The molecular formula is C8H12ClNO3S. The van der Waals surface area contributed by atoms with E-state index in [1.807, 2.05) is 0 Å². The molecule has 2 atom stereocenters. The van der Waals surface area contributed by atoms with Gasteiger partial charge in [-0.2, -0.15) is 12.6 Å². The lowest BCUT2D eigenvalue weighted by molar-refractivity contribution is -0.144. The number of hydrogen-bond donors (Lipinski definition) is 3. The van der Waals surface area contributed by atoms with E-state index in [1.54, 1.807) is 6.92 Å². The van der Waals surface area contributed by atoms with Gasteiger partial charge < -0.3 is 10.4 Å². The van der Waals surface area contributed by atoms with Crippen LogP contribution in [-0.4, -0.2) is 27.2 Å². The summed E-state index contributed by atoms with van der Waals surface area (Å²) in [6, 6.07) is 0. The van der Waals surface area contributed by atoms with Crippen molar-refractivity contribution in [3.05, 3.63) is 12.2 Å². The Bertz CT molecular complexity index is 267. The first-order valence-corrected chi connectivity index (χ1v) is 4.80. The number of carbonyl (C=O) groups excluding carboxylic acids is 1. The van der Waals surface area contributed by atoms with Crippen LogP contribution in [0.15, 0.2) is 12.2 Å². The molecule has 0 aliphatic carbocycles. The fourth-order valence-corrected chi connectivity index (χ4v) is 1.44. The molecule has 0 aromatic carbocycles. The first kappa shape index (κ1) is 13.3. The molecule has 80 valence electrons. The number of thiol groups is 1. The molecule has 4 nitrogen and oxygen atoms in total. The Kier molecular flexibility index (Phi) is 5.01. The number of halogens is 1. The average molecular weight is 238 g/mol. The van der Waals surface area contributed by atoms with Gasteiger partial charge in [0.2, 0.25) is 5.91 Å². The Morgan fingerprint density at radius 1 is 1.64 bits per heavy atom. The van der Waals surface area contributed by atoms with Crippen molar-refractivity contribution in [1.82, 2.24) is 5.32 Å². The number of aliphatic carboxylic acids is 1. The van der Waals surface area contributed by atoms with Crippen molar-refractivity contribution in [1.29, 1.82) is 0 Å². The van der Waals surface area contributed by atoms with E-state index in [-0.39, 0.29) is 0 Å². The largest absolute Gasteiger partial charge is 0.479 e. The van der Waals surface area contributed by atoms with Crippen molar-refractivity contribution in [2.75, 3.05) is 0 Å². The Labute approximate surface area is 92.7 Å². The normalized spacial score (nSPS) is 17.4. The first-order valence-electron chi connectivity index (χ1n) is 3.85. The lowest BCUT2D eigenvalue weighted by Gasteiger charge is -2.28. The van der Waals surface area contributed by atoms with Crippen LogP contribution in [-0.2, 0) is 9.59 Å². The Balaban J connectivity index is 5.15. The number of amides is 1. The maximum Gasteiger partial charge on any atom is 0.335 e. The fourth-order valence-electron chi connectivity index (χ4n) is 0.961. The molecule has 0 aromatic heterocycles. The van der Waals surface area contributed by atoms with Gasteiger partial charge in [0.1, 0.15) is 4.71 Å². The van der Waals surface area contributed by atoms with Gasteiger partial charge in [0.15, 0.2) is 5.54 Å². The van der Waals surface area contributed by atoms with E-state index in [2.05, 4.69) is 17.9 Å². The summed E-state index contributed by atoms with van der Waals surface area (Å²) in [6.07, 6.45) is 2.79. The van der Waals surface area contributed by atoms with Crippen LogP contribution in [0.4, 0.5) is 0 Å². The minimum atomic E-state index is -1.66. The molecular weight excluding hydrogens is 226 g/mol. The van der Waals surface area contributed by atoms with Gasteiger partial charge in [-0.1, -0.05) is 6.08 Å². The predicted molar refractivity (Wildman–Crippen MR) is 57.6 cm³/mol. The minimum Gasteiger partial charge on any atom is -0.479 e. The third-order valence-corrected chi connectivity index (χ3v) is 2.29. The van der Waals surface area contributed by atoms with Crippen molar-refractivity contribution in [3.63, 3.8) is 0 Å². The van der Waals surface area contributed by atoms with Crippen LogP contribution >= 0.6 is 24.2 Å². The number of hydrogen-bond acceptors (Lipinski definition) is 3. The molecule has 0 spiro atoms. The third-order valence-electron chi connectivity index (χ3n) is 1.54. The highest BCUT2D eigenvalue weighted by atomic mass is 35.5. The summed E-state index contributed by atoms with van der Waals surface area (Å²) < 4.78 is -1.04. The van der Waals surface area contributed by atoms with Gasteiger partial charge in [0.25, 0.3) is 0 Å². The highest BCUT2D eigenvalue weighted by molar-refractivity contribution is 7.82. The van der Waals surface area contributed by atoms with Gasteiger partial charge >= 0.3 is 5.97 Å². The van der Waals surface area contributed by atoms with Gasteiger partial charge in [0, 0.05) is 6.92 Å². The minimum absolute atomic E-state index is 0.481. The molecule has 1 unspecified atom stereocenters. The molecule has 0 saturated heterocycles. The predicted octanol–water partition coefficient (Wildman–Crippen LogP) is 1.02. The lowest BCUT2D eigenvalue weighted by atomic mass is 10.0. The molecule has 0 heterocycles. The van der Waals surface area contributed by atoms with Crippen LogP contribution in [0.3, 0.4) is 0 Å². The quantitative estimate of drug-likeness (QED) is 0.389. The van der Waals surface area contributed by atoms with E-state index >= 15 is 0 Å². The summed E-state index contributed by atoms with van der Waals surface area (Å²) in [5.41, 5.74) is -1.66. The Morgan fingerprint density at radius 2 is 2.14 bits per heavy atom. The summed E-state index contributed by atoms with van der Waals surface area (Å²) in [5, 5.41) is 11.2. The second-order valence-electron chi connectivity index (χ2n) is 2.69. The Hall–Kier alpha value is -0.680. The highest BCUT2D eigenvalue weighted by Gasteiger charge is 2.42. The maximum atomic E-state index is 11.0. The van der Waals surface area contributed by atoms with Crippen LogP contribution in [0.5, 0.6) is 0 Å². The van der Waals surface area contributed by atoms with Crippen LogP contribution in [0.2, 0.25) is 0 Å². The van der Waals surface area contributed by atoms with E-state index < -0.39 is 22.1 Å². The second-order valence-corrected chi connectivity index (χ2v) is 3.95. The van der Waals surface area contributed by atoms with Gasteiger partial charge in [-0.3, -0.25) is 4.79 Å². The number of carboxylic acid groups (broad SMARTS) is 1. The molecule has 0 aromatic rings. The SMILES string of the molecule is C/C=C\[C@@](NC(C)=O)(C(=O)O)C(S)Cl. The van der Waals surface area contributed by atoms with Gasteiger partial charge in [-0.05, 0) is 13.0 Å². The first-order chi connectivity index (χ1) is 6.36. The number of nitrogens with one attached hydrogen (secondary N) is 1. The van der Waals surface area contributed by atoms with E-state index in [4.69, 9.17) is 16.7 Å². The summed E-state index contributed by atoms with van der Waals surface area (Å²) in [4.78, 5) is 21.8. The third kappa shape index (κ3) is 2.92. The highest BCUT2D eigenvalue weighted by Crippen LogP contribution is 2.22. The van der Waals surface area contributed by atoms with Crippen molar-refractivity contribution >= 4 is 36.1 Å². The van der Waals surface area contributed by atoms with Crippen LogP contribution in [0.1, 0.15) is 13.8 Å². The van der Waals surface area contributed by atoms with Crippen LogP contribution < -0.4 is 5.32 Å². The smallest absolute Gasteiger partial charge is 0.335 e. The van der Waals surface area contributed by atoms with Crippen molar-refractivity contribution in [2.24, 2.45) is 0 Å². The van der Waals surface area contributed by atoms with Gasteiger partial charge in [0.05, 0.1) is 0 Å². The van der Waals surface area contributed by atoms with E-state index in [1.165, 1.54) is 19.1 Å². The van der Waals surface area contributed by atoms with Crippen molar-refractivity contribution in [3.8, 4) is 0 Å². The van der Waals surface area contributed by atoms with Gasteiger partial charge in [-0.15, -0.1) is 11.6 Å². The molecule has 1 amide bonds. The van der Waals surface area contributed by atoms with Crippen LogP contribution in [0, 0.1) is 0 Å². The summed E-state index contributed by atoms with van der Waals surface area (Å²) in [7, 11) is 0. The number of carboxylic acids is 1. The number of alkyl halides is 1. The standard InChI is InChI=1S/C8H12ClNO3S/c1-3-4-8(6(9)14,7(12)13)10-5(2)11/h3-4,6,14H,1-2H3,(H,10,11)(H,12,13)/b4-3-/t6?,8-/m0/s1. The molecule has 0 bridgehead atoms. The van der Waals surface area contributed by atoms with Crippen LogP contribution in [0.25, 0.3) is 0 Å². The molecule has 2 N–H and O–H groups in total. The molecule has 6 heteroatoms. The summed E-state index contributed by atoms with van der Waals surface area (Å²) >= 11 is 9.48. The number of carbonyl (C=O) groups is 2. The van der Waals surface area contributed by atoms with Crippen molar-refractivity contribution < 1.29 is 14.7 Å². The monoisotopic (exact) mass is 237 g/mol. The molecule has 0 rings (SSSR count). The topological polar surface area (TPSA) is 66.4 Å². The summed E-state index contributed by atoms with van der Waals surface area (Å²) in [5.74, 6) is -1.73. The van der Waals surface area contributed by atoms with E-state index in [0.29, 0.717) is 0 Å². The lowest BCUT2D eigenvalue weighted by Crippen LogP contribution is -2.57. The molecule has 0 aliphatic heterocycles. The van der Waals surface area contributed by atoms with Gasteiger partial charge in [-0.25, -0.2) is 4.79 Å². The zero-order valence-electron chi connectivity index (χ0n) is 7.82. The van der Waals surface area contributed by atoms with E-state index in [0.717, 1.165) is 0 Å². The Morgan fingerprint density at radius 3 is 2.36 bits per heavy atom. The number of allylic oxidation sites excluding steroid dienone is 1. The molecule has 0 radical (unpaired) electrons. The second kappa shape index (κ2) is 5.26. The zero-order chi connectivity index (χ0) is 11.4. The molecule has 0 aliphatic rings. The maximum absolute atomic E-state index is 11.0. The fraction of sp³-hybridized carbons (Fsp3) is 0.500. The molecule has 14 heavy (non-hydrogen) atoms. The number of rotatable bonds is 4. The van der Waals surface area contributed by atoms with Crippen molar-refractivity contribution in [2.45, 2.75) is 24.1 Å². The van der Waals surface area contributed by atoms with E-state index in [9.17, 15) is 9.59 Å². The molecule has 0 saturated carbocycles.